The first kappa shape index (κ1) is 6.97. The third kappa shape index (κ3) is 0.812. The van der Waals surface area contributed by atoms with Gasteiger partial charge in [-0.3, -0.25) is 0 Å². The molecular formula is C8H9N3O. The van der Waals surface area contributed by atoms with Crippen LogP contribution >= 0.6 is 0 Å². The van der Waals surface area contributed by atoms with Crippen LogP contribution in [-0.4, -0.2) is 12.2 Å². The minimum Gasteiger partial charge on any atom is -0.387 e. The van der Waals surface area contributed by atoms with Crippen LogP contribution in [0.15, 0.2) is 22.7 Å². The van der Waals surface area contributed by atoms with E-state index in [9.17, 15) is 0 Å². The largest absolute Gasteiger partial charge is 0.387 e. The van der Waals surface area contributed by atoms with E-state index in [4.69, 9.17) is 10.3 Å². The first-order chi connectivity index (χ1) is 5.83. The zero-order valence-corrected chi connectivity index (χ0v) is 6.66. The highest BCUT2D eigenvalue weighted by Crippen LogP contribution is 2.27. The van der Waals surface area contributed by atoms with Gasteiger partial charge in [-0.15, -0.1) is 0 Å². The van der Waals surface area contributed by atoms with Gasteiger partial charge in [0, 0.05) is 12.7 Å². The summed E-state index contributed by atoms with van der Waals surface area (Å²) in [6.07, 6.45) is 0. The van der Waals surface area contributed by atoms with Gasteiger partial charge < -0.3 is 15.6 Å². The molecule has 4 heteroatoms. The van der Waals surface area contributed by atoms with Crippen LogP contribution in [0.5, 0.6) is 0 Å². The van der Waals surface area contributed by atoms with Gasteiger partial charge >= 0.3 is 0 Å². The lowest BCUT2D eigenvalue weighted by Crippen LogP contribution is -1.90. The van der Waals surface area contributed by atoms with Gasteiger partial charge in [0.15, 0.2) is 11.4 Å². The number of nitrogens with zero attached hydrogens (tertiary/aromatic N) is 1. The highest BCUT2D eigenvalue weighted by Gasteiger charge is 2.07. The van der Waals surface area contributed by atoms with E-state index in [-0.39, 0.29) is 0 Å². The Balaban J connectivity index is 2.84. The van der Waals surface area contributed by atoms with Crippen molar-refractivity contribution in [1.29, 1.82) is 0 Å². The van der Waals surface area contributed by atoms with Crippen LogP contribution in [0.25, 0.3) is 11.0 Å². The lowest BCUT2D eigenvalue weighted by Gasteiger charge is -1.99. The molecule has 1 aromatic heterocycles. The SMILES string of the molecule is CNc1cccc2onc(N)c12. The Kier molecular flexibility index (Phi) is 1.40. The Morgan fingerprint density at radius 3 is 3.08 bits per heavy atom. The molecule has 0 saturated heterocycles. The molecule has 2 rings (SSSR count). The number of benzene rings is 1. The Labute approximate surface area is 69.3 Å². The lowest BCUT2D eigenvalue weighted by atomic mass is 10.2. The normalized spacial score (nSPS) is 10.4. The van der Waals surface area contributed by atoms with E-state index in [1.54, 1.807) is 0 Å². The molecule has 12 heavy (non-hydrogen) atoms. The fourth-order valence-corrected chi connectivity index (χ4v) is 1.22. The van der Waals surface area contributed by atoms with Crippen LogP contribution in [0.4, 0.5) is 11.5 Å². The summed E-state index contributed by atoms with van der Waals surface area (Å²) in [5.41, 5.74) is 7.25. The highest BCUT2D eigenvalue weighted by atomic mass is 16.5. The first-order valence-electron chi connectivity index (χ1n) is 3.64. The van der Waals surface area contributed by atoms with Crippen LogP contribution in [0.2, 0.25) is 0 Å². The zero-order valence-electron chi connectivity index (χ0n) is 6.66. The van der Waals surface area contributed by atoms with Crippen molar-refractivity contribution >= 4 is 22.5 Å². The van der Waals surface area contributed by atoms with Gasteiger partial charge in [-0.1, -0.05) is 11.2 Å². The van der Waals surface area contributed by atoms with E-state index in [0.29, 0.717) is 11.4 Å². The average molecular weight is 163 g/mol. The Morgan fingerprint density at radius 1 is 1.50 bits per heavy atom. The quantitative estimate of drug-likeness (QED) is 0.667. The summed E-state index contributed by atoms with van der Waals surface area (Å²) in [5.74, 6) is 0.426. The van der Waals surface area contributed by atoms with E-state index in [1.807, 2.05) is 25.2 Å². The van der Waals surface area contributed by atoms with Crippen molar-refractivity contribution in [2.24, 2.45) is 0 Å². The van der Waals surface area contributed by atoms with E-state index in [0.717, 1.165) is 11.1 Å². The van der Waals surface area contributed by atoms with Crippen LogP contribution in [0.3, 0.4) is 0 Å². The number of rotatable bonds is 1. The molecule has 1 heterocycles. The standard InChI is InChI=1S/C8H9N3O/c1-10-5-3-2-4-6-7(5)8(9)11-12-6/h2-4,10H,1H3,(H2,9,11). The van der Waals surface area contributed by atoms with Gasteiger partial charge in [-0.05, 0) is 12.1 Å². The zero-order chi connectivity index (χ0) is 8.55. The molecule has 0 amide bonds. The van der Waals surface area contributed by atoms with Crippen LogP contribution in [0, 0.1) is 0 Å². The second-order valence-corrected chi connectivity index (χ2v) is 2.50. The third-order valence-corrected chi connectivity index (χ3v) is 1.79. The Morgan fingerprint density at radius 2 is 2.33 bits per heavy atom. The summed E-state index contributed by atoms with van der Waals surface area (Å²) < 4.78 is 4.98. The van der Waals surface area contributed by atoms with Crippen LogP contribution < -0.4 is 11.1 Å². The molecule has 0 radical (unpaired) electrons. The summed E-state index contributed by atoms with van der Waals surface area (Å²) in [7, 11) is 1.83. The average Bonchev–Trinajstić information content (AvgIpc) is 2.48. The summed E-state index contributed by atoms with van der Waals surface area (Å²) >= 11 is 0. The maximum absolute atomic E-state index is 5.61. The summed E-state index contributed by atoms with van der Waals surface area (Å²) in [6, 6.07) is 5.65. The van der Waals surface area contributed by atoms with Crippen molar-refractivity contribution in [2.75, 3.05) is 18.1 Å². The van der Waals surface area contributed by atoms with Gasteiger partial charge in [0.1, 0.15) is 0 Å². The molecule has 0 aliphatic carbocycles. The van der Waals surface area contributed by atoms with Gasteiger partial charge in [0.05, 0.1) is 5.39 Å². The number of nitrogen functional groups attached to an aromatic ring is 1. The number of hydrogen-bond donors (Lipinski definition) is 2. The fourth-order valence-electron chi connectivity index (χ4n) is 1.22. The fraction of sp³-hybridized carbons (Fsp3) is 0.125. The summed E-state index contributed by atoms with van der Waals surface area (Å²) in [4.78, 5) is 0. The number of nitrogens with two attached hydrogens (primary N) is 1. The summed E-state index contributed by atoms with van der Waals surface area (Å²) in [6.45, 7) is 0. The lowest BCUT2D eigenvalue weighted by molar-refractivity contribution is 0.460. The number of hydrogen-bond acceptors (Lipinski definition) is 4. The third-order valence-electron chi connectivity index (χ3n) is 1.79. The first-order valence-corrected chi connectivity index (χ1v) is 3.64. The molecule has 3 N–H and O–H groups in total. The van der Waals surface area contributed by atoms with E-state index in [1.165, 1.54) is 0 Å². The van der Waals surface area contributed by atoms with Crippen LogP contribution in [0.1, 0.15) is 0 Å². The molecule has 62 valence electrons. The van der Waals surface area contributed by atoms with E-state index < -0.39 is 0 Å². The molecule has 4 nitrogen and oxygen atoms in total. The number of aromatic nitrogens is 1. The molecule has 0 atom stereocenters. The van der Waals surface area contributed by atoms with Gasteiger partial charge in [-0.25, -0.2) is 0 Å². The number of anilines is 2. The van der Waals surface area contributed by atoms with Gasteiger partial charge in [0.2, 0.25) is 0 Å². The monoisotopic (exact) mass is 163 g/mol. The van der Waals surface area contributed by atoms with Crippen molar-refractivity contribution in [2.45, 2.75) is 0 Å². The second kappa shape index (κ2) is 2.41. The predicted molar refractivity (Wildman–Crippen MR) is 48.0 cm³/mol. The maximum Gasteiger partial charge on any atom is 0.176 e. The molecule has 0 saturated carbocycles. The minimum absolute atomic E-state index is 0.426. The Hall–Kier alpha value is -1.71. The molecule has 0 bridgehead atoms. The van der Waals surface area contributed by atoms with Crippen molar-refractivity contribution in [3.8, 4) is 0 Å². The molecule has 0 spiro atoms. The smallest absolute Gasteiger partial charge is 0.176 e. The molecular weight excluding hydrogens is 154 g/mol. The van der Waals surface area contributed by atoms with Gasteiger partial charge in [0.25, 0.3) is 0 Å². The van der Waals surface area contributed by atoms with Gasteiger partial charge in [-0.2, -0.15) is 0 Å². The van der Waals surface area contributed by atoms with Crippen molar-refractivity contribution < 1.29 is 4.52 Å². The summed E-state index contributed by atoms with van der Waals surface area (Å²) in [5, 5.41) is 7.53. The second-order valence-electron chi connectivity index (χ2n) is 2.50. The molecule has 0 unspecified atom stereocenters. The maximum atomic E-state index is 5.61. The molecule has 0 aliphatic heterocycles. The van der Waals surface area contributed by atoms with E-state index >= 15 is 0 Å². The van der Waals surface area contributed by atoms with Crippen molar-refractivity contribution in [1.82, 2.24) is 5.16 Å². The number of fused-ring (bicyclic) bond motifs is 1. The molecule has 0 aliphatic rings. The molecule has 0 fully saturated rings. The Bertz CT molecular complexity index is 408. The minimum atomic E-state index is 0.426. The topological polar surface area (TPSA) is 64.1 Å². The van der Waals surface area contributed by atoms with Crippen molar-refractivity contribution in [3.05, 3.63) is 18.2 Å². The van der Waals surface area contributed by atoms with E-state index in [2.05, 4.69) is 10.5 Å². The van der Waals surface area contributed by atoms with Crippen LogP contribution in [-0.2, 0) is 0 Å². The molecule has 1 aromatic carbocycles. The highest BCUT2D eigenvalue weighted by molar-refractivity contribution is 5.97. The molecule has 2 aromatic rings. The van der Waals surface area contributed by atoms with Crippen molar-refractivity contribution in [3.63, 3.8) is 0 Å². The number of nitrogens with one attached hydrogen (secondary N) is 1. The predicted octanol–water partition coefficient (Wildman–Crippen LogP) is 1.45.